The van der Waals surface area contributed by atoms with E-state index in [4.69, 9.17) is 4.74 Å². The molecule has 1 aliphatic heterocycles. The molecule has 222 valence electrons. The summed E-state index contributed by atoms with van der Waals surface area (Å²) in [6.45, 7) is 3.47. The van der Waals surface area contributed by atoms with Crippen molar-refractivity contribution in [2.75, 3.05) is 30.2 Å². The second-order valence-electron chi connectivity index (χ2n) is 9.35. The Balaban J connectivity index is 0.000000507. The average Bonchev–Trinajstić information content (AvgIpc) is 3.00. The number of benzene rings is 2. The summed E-state index contributed by atoms with van der Waals surface area (Å²) in [5, 5.41) is 5.75. The summed E-state index contributed by atoms with van der Waals surface area (Å²) < 4.78 is 76.5. The van der Waals surface area contributed by atoms with Gasteiger partial charge in [-0.2, -0.15) is 4.39 Å². The Hall–Kier alpha value is -4.10. The zero-order chi connectivity index (χ0) is 30.1. The molecule has 0 saturated carbocycles. The van der Waals surface area contributed by atoms with E-state index < -0.39 is 46.0 Å². The molecular formula is C29H30F4N6O2S. The molecule has 2 aromatic heterocycles. The molecule has 2 unspecified atom stereocenters. The molecule has 2 atom stereocenters. The van der Waals surface area contributed by atoms with Gasteiger partial charge in [0.25, 0.3) is 0 Å². The van der Waals surface area contributed by atoms with Crippen molar-refractivity contribution in [3.05, 3.63) is 89.5 Å². The number of pyridine rings is 1. The molecule has 0 amide bonds. The van der Waals surface area contributed by atoms with Gasteiger partial charge in [0.15, 0.2) is 17.4 Å². The monoisotopic (exact) mass is 602 g/mol. The Bertz CT molecular complexity index is 1520. The maximum atomic E-state index is 14.8. The molecule has 3 heterocycles. The number of aryl methyl sites for hydroxylation is 1. The van der Waals surface area contributed by atoms with E-state index in [1.807, 2.05) is 19.1 Å². The first-order valence-corrected chi connectivity index (χ1v) is 14.4. The highest BCUT2D eigenvalue weighted by atomic mass is 32.2. The summed E-state index contributed by atoms with van der Waals surface area (Å²) >= 11 is 0. The lowest BCUT2D eigenvalue weighted by Gasteiger charge is -2.14. The minimum Gasteiger partial charge on any atom is -0.435 e. The van der Waals surface area contributed by atoms with Crippen LogP contribution in [0.3, 0.4) is 0 Å². The van der Waals surface area contributed by atoms with Crippen LogP contribution in [0.5, 0.6) is 11.6 Å². The van der Waals surface area contributed by atoms with Crippen molar-refractivity contribution in [2.24, 2.45) is 0 Å². The predicted molar refractivity (Wildman–Crippen MR) is 155 cm³/mol. The Morgan fingerprint density at radius 1 is 1.07 bits per heavy atom. The topological polar surface area (TPSA) is 101 Å². The summed E-state index contributed by atoms with van der Waals surface area (Å²) in [5.74, 6) is -4.73. The van der Waals surface area contributed by atoms with Gasteiger partial charge in [0, 0.05) is 32.1 Å². The van der Waals surface area contributed by atoms with Crippen LogP contribution >= 0.6 is 0 Å². The molecule has 1 saturated heterocycles. The Morgan fingerprint density at radius 3 is 2.52 bits per heavy atom. The Kier molecular flexibility index (Phi) is 10.8. The van der Waals surface area contributed by atoms with Crippen LogP contribution in [0.2, 0.25) is 0 Å². The van der Waals surface area contributed by atoms with Crippen molar-refractivity contribution in [1.82, 2.24) is 20.3 Å². The van der Waals surface area contributed by atoms with E-state index in [-0.39, 0.29) is 11.6 Å². The fourth-order valence-corrected chi connectivity index (χ4v) is 4.92. The number of nitrogens with one attached hydrogen (secondary N) is 3. The molecule has 4 aromatic rings. The van der Waals surface area contributed by atoms with Crippen molar-refractivity contribution in [1.29, 1.82) is 0 Å². The lowest BCUT2D eigenvalue weighted by molar-refractivity contribution is 0.266. The number of hydrogen-bond acceptors (Lipinski definition) is 7. The van der Waals surface area contributed by atoms with E-state index in [0.29, 0.717) is 35.4 Å². The number of rotatable bonds is 8. The van der Waals surface area contributed by atoms with Gasteiger partial charge in [0.1, 0.15) is 22.8 Å². The van der Waals surface area contributed by atoms with Gasteiger partial charge in [0.05, 0.1) is 17.0 Å². The number of nitrogens with zero attached hydrogens (tertiary/aromatic N) is 3. The number of halogens is 4. The SMILES string of the molecule is CNc1nccc(-c2cccnc2Oc2cc(F)c(NS(=O)Cc3ccc(C)cc3)c(F)c2F)n1.FC1CCCNC1. The van der Waals surface area contributed by atoms with Gasteiger partial charge in [-0.15, -0.1) is 0 Å². The van der Waals surface area contributed by atoms with E-state index in [0.717, 1.165) is 24.9 Å². The van der Waals surface area contributed by atoms with Crippen molar-refractivity contribution < 1.29 is 26.5 Å². The zero-order valence-electron chi connectivity index (χ0n) is 23.0. The standard InChI is InChI=1S/C24H20F3N5O2S.C5H10FN/c1-14-5-7-15(8-6-14)13-35(33)32-22-17(25)12-19(20(26)21(22)27)34-23-16(4-3-10-29-23)18-9-11-30-24(28-2)31-18;6-5-2-1-3-7-4-5/h3-12,32H,13H2,1-2H3,(H,28,30,31);5,7H,1-4H2. The largest absolute Gasteiger partial charge is 0.435 e. The van der Waals surface area contributed by atoms with Crippen molar-refractivity contribution in [3.63, 3.8) is 0 Å². The molecule has 0 spiro atoms. The second kappa shape index (κ2) is 14.7. The highest BCUT2D eigenvalue weighted by molar-refractivity contribution is 7.85. The van der Waals surface area contributed by atoms with Crippen molar-refractivity contribution in [3.8, 4) is 22.9 Å². The number of piperidine rings is 1. The minimum atomic E-state index is -1.90. The van der Waals surface area contributed by atoms with Crippen LogP contribution in [0.15, 0.2) is 60.9 Å². The molecule has 2 aromatic carbocycles. The predicted octanol–water partition coefficient (Wildman–Crippen LogP) is 6.08. The van der Waals surface area contributed by atoms with E-state index in [1.165, 1.54) is 12.4 Å². The van der Waals surface area contributed by atoms with Crippen LogP contribution in [0, 0.1) is 24.4 Å². The van der Waals surface area contributed by atoms with Gasteiger partial charge < -0.3 is 15.4 Å². The maximum Gasteiger partial charge on any atom is 0.228 e. The third-order valence-electron chi connectivity index (χ3n) is 6.13. The molecule has 8 nitrogen and oxygen atoms in total. The number of aromatic nitrogens is 3. The van der Waals surface area contributed by atoms with Crippen LogP contribution in [-0.4, -0.2) is 45.5 Å². The first-order valence-electron chi connectivity index (χ1n) is 13.1. The van der Waals surface area contributed by atoms with Gasteiger partial charge in [-0.25, -0.2) is 32.3 Å². The lowest BCUT2D eigenvalue weighted by atomic mass is 10.1. The zero-order valence-corrected chi connectivity index (χ0v) is 23.8. The molecule has 3 N–H and O–H groups in total. The van der Waals surface area contributed by atoms with Gasteiger partial charge in [0.2, 0.25) is 17.6 Å². The normalized spacial score (nSPS) is 15.2. The van der Waals surface area contributed by atoms with Crippen molar-refractivity contribution >= 4 is 22.6 Å². The summed E-state index contributed by atoms with van der Waals surface area (Å²) in [6, 6.07) is 12.6. The van der Waals surface area contributed by atoms with Crippen molar-refractivity contribution in [2.45, 2.75) is 31.7 Å². The molecule has 13 heteroatoms. The Labute approximate surface area is 243 Å². The molecule has 1 aliphatic rings. The molecular weight excluding hydrogens is 572 g/mol. The summed E-state index contributed by atoms with van der Waals surface area (Å²) in [6.07, 6.45) is 4.07. The fraction of sp³-hybridized carbons (Fsp3) is 0.276. The third kappa shape index (κ3) is 8.23. The lowest BCUT2D eigenvalue weighted by Crippen LogP contribution is -2.30. The first kappa shape index (κ1) is 30.8. The summed E-state index contributed by atoms with van der Waals surface area (Å²) in [5.41, 5.74) is 1.61. The number of hydrogen-bond donors (Lipinski definition) is 3. The first-order chi connectivity index (χ1) is 20.2. The maximum absolute atomic E-state index is 14.8. The van der Waals surface area contributed by atoms with Crippen LogP contribution < -0.4 is 20.1 Å². The minimum absolute atomic E-state index is 0.0239. The van der Waals surface area contributed by atoms with E-state index in [1.54, 1.807) is 37.4 Å². The number of alkyl halides is 1. The number of ether oxygens (including phenoxy) is 1. The molecule has 0 radical (unpaired) electrons. The van der Waals surface area contributed by atoms with Crippen LogP contribution in [-0.2, 0) is 16.7 Å². The summed E-state index contributed by atoms with van der Waals surface area (Å²) in [4.78, 5) is 12.4. The average molecular weight is 603 g/mol. The van der Waals surface area contributed by atoms with E-state index in [9.17, 15) is 21.8 Å². The highest BCUT2D eigenvalue weighted by Crippen LogP contribution is 2.35. The van der Waals surface area contributed by atoms with E-state index >= 15 is 0 Å². The van der Waals surface area contributed by atoms with Gasteiger partial charge in [-0.1, -0.05) is 29.8 Å². The summed E-state index contributed by atoms with van der Waals surface area (Å²) in [7, 11) is -0.261. The highest BCUT2D eigenvalue weighted by Gasteiger charge is 2.23. The quantitative estimate of drug-likeness (QED) is 0.166. The molecule has 0 aliphatic carbocycles. The molecule has 1 fully saturated rings. The van der Waals surface area contributed by atoms with Gasteiger partial charge in [-0.05, 0) is 50.1 Å². The molecule has 0 bridgehead atoms. The second-order valence-corrected chi connectivity index (χ2v) is 10.5. The van der Waals surface area contributed by atoms with Gasteiger partial charge >= 0.3 is 0 Å². The number of anilines is 2. The van der Waals surface area contributed by atoms with E-state index in [2.05, 4.69) is 30.3 Å². The molecule has 42 heavy (non-hydrogen) atoms. The molecule has 5 rings (SSSR count). The smallest absolute Gasteiger partial charge is 0.228 e. The fourth-order valence-electron chi connectivity index (χ4n) is 3.94. The third-order valence-corrected chi connectivity index (χ3v) is 7.16. The Morgan fingerprint density at radius 2 is 1.86 bits per heavy atom. The van der Waals surface area contributed by atoms with Gasteiger partial charge in [-0.3, -0.25) is 4.72 Å². The van der Waals surface area contributed by atoms with Crippen LogP contribution in [0.4, 0.5) is 29.2 Å². The van der Waals surface area contributed by atoms with Crippen LogP contribution in [0.25, 0.3) is 11.3 Å². The van der Waals surface area contributed by atoms with Crippen LogP contribution in [0.1, 0.15) is 24.0 Å².